The van der Waals surface area contributed by atoms with E-state index in [2.05, 4.69) is 54.5 Å². The smallest absolute Gasteiger partial charge is 0.261 e. The lowest BCUT2D eigenvalue weighted by Gasteiger charge is -2.61. The summed E-state index contributed by atoms with van der Waals surface area (Å²) in [7, 11) is 0. The monoisotopic (exact) mass is 421 g/mol. The van der Waals surface area contributed by atoms with E-state index in [1.165, 1.54) is 0 Å². The maximum Gasteiger partial charge on any atom is 0.261 e. The molecular formula is C26H31NO4. The molecule has 0 aliphatic carbocycles. The van der Waals surface area contributed by atoms with Crippen LogP contribution in [0.3, 0.4) is 0 Å². The summed E-state index contributed by atoms with van der Waals surface area (Å²) in [4.78, 5) is 16.5. The van der Waals surface area contributed by atoms with Gasteiger partial charge in [0.1, 0.15) is 5.75 Å². The first kappa shape index (κ1) is 20.7. The van der Waals surface area contributed by atoms with Gasteiger partial charge < -0.3 is 9.84 Å². The van der Waals surface area contributed by atoms with E-state index >= 15 is 0 Å². The topological polar surface area (TPSA) is 60.3 Å². The van der Waals surface area contributed by atoms with Crippen molar-refractivity contribution < 1.29 is 19.6 Å². The number of rotatable bonds is 2. The Labute approximate surface area is 184 Å². The van der Waals surface area contributed by atoms with Gasteiger partial charge in [0.05, 0.1) is 18.0 Å². The largest absolute Gasteiger partial charge is 0.507 e. The second-order valence-electron chi connectivity index (χ2n) is 11.2. The van der Waals surface area contributed by atoms with Gasteiger partial charge in [-0.05, 0) is 23.8 Å². The van der Waals surface area contributed by atoms with Gasteiger partial charge in [-0.25, -0.2) is 4.89 Å². The molecule has 0 aromatic heterocycles. The number of phenolic OH excluding ortho intramolecular Hbond substituents is 1. The number of aromatic hydroxyl groups is 1. The summed E-state index contributed by atoms with van der Waals surface area (Å²) >= 11 is 0. The number of ether oxygens (including phenoxy) is 1. The summed E-state index contributed by atoms with van der Waals surface area (Å²) in [5, 5.41) is 11.1. The van der Waals surface area contributed by atoms with Crippen LogP contribution in [0.25, 0.3) is 0 Å². The van der Waals surface area contributed by atoms with Crippen LogP contribution in [0.4, 0.5) is 5.69 Å². The van der Waals surface area contributed by atoms with Gasteiger partial charge in [0, 0.05) is 27.4 Å². The maximum atomic E-state index is 11.1. The van der Waals surface area contributed by atoms with Gasteiger partial charge in [0.2, 0.25) is 0 Å². The van der Waals surface area contributed by atoms with Crippen molar-refractivity contribution in [2.75, 3.05) is 6.61 Å². The number of phenols is 1. The van der Waals surface area contributed by atoms with Crippen molar-refractivity contribution in [2.24, 2.45) is 15.8 Å². The zero-order valence-corrected chi connectivity index (χ0v) is 19.4. The highest BCUT2D eigenvalue weighted by molar-refractivity contribution is 6.13. The third kappa shape index (κ3) is 2.34. The molecule has 5 rings (SSSR count). The second-order valence-corrected chi connectivity index (χ2v) is 11.2. The first-order chi connectivity index (χ1) is 14.4. The molecule has 2 aromatic carbocycles. The lowest BCUT2D eigenvalue weighted by atomic mass is 9.57. The molecule has 2 saturated heterocycles. The van der Waals surface area contributed by atoms with Crippen LogP contribution in [0.2, 0.25) is 0 Å². The molecule has 2 atom stereocenters. The molecule has 0 bridgehead atoms. The standard InChI is InChI=1S/C26H31NO4/c1-22(2,3)26-23(4,5)15-29-25(26,30-31-26)16-12-13-17(20(28)14-16)21-24(6,7)18-10-8-9-11-19(18)27-21/h8-14,28H,15H2,1-7H3. The highest BCUT2D eigenvalue weighted by Gasteiger charge is 2.81. The molecule has 3 heterocycles. The number of nitrogens with zero attached hydrogens (tertiary/aromatic N) is 1. The summed E-state index contributed by atoms with van der Waals surface area (Å²) in [5.41, 5.74) is 2.95. The van der Waals surface area contributed by atoms with Crippen LogP contribution < -0.4 is 0 Å². The molecule has 31 heavy (non-hydrogen) atoms. The molecule has 1 N–H and O–H groups in total. The van der Waals surface area contributed by atoms with Gasteiger partial charge in [-0.3, -0.25) is 4.99 Å². The Morgan fingerprint density at radius 3 is 2.26 bits per heavy atom. The Morgan fingerprint density at radius 2 is 1.68 bits per heavy atom. The van der Waals surface area contributed by atoms with Crippen molar-refractivity contribution in [1.29, 1.82) is 0 Å². The summed E-state index contributed by atoms with van der Waals surface area (Å²) in [5.74, 6) is -0.890. The fourth-order valence-electron chi connectivity index (χ4n) is 6.06. The van der Waals surface area contributed by atoms with Crippen LogP contribution in [0, 0.1) is 10.8 Å². The van der Waals surface area contributed by atoms with Gasteiger partial charge in [-0.15, -0.1) is 0 Å². The SMILES string of the molecule is CC1(C)C(c2ccc(C34OCC(C)(C)C3(C(C)(C)C)OO4)cc2O)=Nc2ccccc21. The third-order valence-corrected chi connectivity index (χ3v) is 7.43. The van der Waals surface area contributed by atoms with E-state index in [4.69, 9.17) is 19.5 Å². The molecule has 5 heteroatoms. The lowest BCUT2D eigenvalue weighted by molar-refractivity contribution is -0.626. The van der Waals surface area contributed by atoms with Crippen molar-refractivity contribution in [3.63, 3.8) is 0 Å². The number of para-hydroxylation sites is 1. The molecule has 2 unspecified atom stereocenters. The summed E-state index contributed by atoms with van der Waals surface area (Å²) in [6.45, 7) is 15.5. The van der Waals surface area contributed by atoms with Gasteiger partial charge in [0.15, 0.2) is 5.60 Å². The van der Waals surface area contributed by atoms with Crippen molar-refractivity contribution in [2.45, 2.75) is 65.3 Å². The van der Waals surface area contributed by atoms with Gasteiger partial charge >= 0.3 is 0 Å². The van der Waals surface area contributed by atoms with Crippen LogP contribution in [0.15, 0.2) is 47.5 Å². The Kier molecular flexibility index (Phi) is 3.98. The summed E-state index contributed by atoms with van der Waals surface area (Å²) in [6.07, 6.45) is 0. The average Bonchev–Trinajstić information content (AvgIpc) is 3.00. The van der Waals surface area contributed by atoms with Crippen molar-refractivity contribution >= 4 is 11.4 Å². The lowest BCUT2D eigenvalue weighted by Crippen LogP contribution is -2.73. The molecule has 2 aromatic rings. The predicted octanol–water partition coefficient (Wildman–Crippen LogP) is 5.76. The van der Waals surface area contributed by atoms with Crippen molar-refractivity contribution in [3.8, 4) is 5.75 Å². The molecule has 2 fully saturated rings. The van der Waals surface area contributed by atoms with Crippen molar-refractivity contribution in [3.05, 3.63) is 59.2 Å². The molecule has 0 spiro atoms. The van der Waals surface area contributed by atoms with Crippen LogP contribution in [0.5, 0.6) is 5.75 Å². The molecule has 0 amide bonds. The van der Waals surface area contributed by atoms with Crippen LogP contribution in [-0.2, 0) is 25.7 Å². The van der Waals surface area contributed by atoms with Crippen LogP contribution in [-0.4, -0.2) is 23.0 Å². The molecule has 3 aliphatic rings. The van der Waals surface area contributed by atoms with E-state index in [9.17, 15) is 5.11 Å². The van der Waals surface area contributed by atoms with Crippen LogP contribution in [0.1, 0.15) is 65.2 Å². The fraction of sp³-hybridized carbons (Fsp3) is 0.500. The molecular weight excluding hydrogens is 390 g/mol. The van der Waals surface area contributed by atoms with Crippen LogP contribution >= 0.6 is 0 Å². The predicted molar refractivity (Wildman–Crippen MR) is 120 cm³/mol. The number of fused-ring (bicyclic) bond motifs is 2. The number of hydrogen-bond donors (Lipinski definition) is 1. The number of benzene rings is 2. The van der Waals surface area contributed by atoms with E-state index < -0.39 is 11.4 Å². The minimum Gasteiger partial charge on any atom is -0.507 e. The van der Waals surface area contributed by atoms with Gasteiger partial charge in [-0.1, -0.05) is 72.7 Å². The molecule has 5 nitrogen and oxygen atoms in total. The van der Waals surface area contributed by atoms with Crippen molar-refractivity contribution in [1.82, 2.24) is 0 Å². The van der Waals surface area contributed by atoms with E-state index in [0.29, 0.717) is 6.61 Å². The first-order valence-corrected chi connectivity index (χ1v) is 10.9. The zero-order chi connectivity index (χ0) is 22.4. The maximum absolute atomic E-state index is 11.1. The zero-order valence-electron chi connectivity index (χ0n) is 19.4. The highest BCUT2D eigenvalue weighted by Crippen LogP contribution is 2.69. The fourth-order valence-corrected chi connectivity index (χ4v) is 6.06. The molecule has 0 saturated carbocycles. The molecule has 164 valence electrons. The normalized spacial score (nSPS) is 30.4. The number of hydrogen-bond acceptors (Lipinski definition) is 5. The van der Waals surface area contributed by atoms with E-state index in [-0.39, 0.29) is 22.0 Å². The average molecular weight is 422 g/mol. The quantitative estimate of drug-likeness (QED) is 0.626. The second kappa shape index (κ2) is 5.97. The van der Waals surface area contributed by atoms with Gasteiger partial charge in [-0.2, -0.15) is 4.89 Å². The Hall–Kier alpha value is -2.21. The molecule has 3 aliphatic heterocycles. The third-order valence-electron chi connectivity index (χ3n) is 7.43. The van der Waals surface area contributed by atoms with E-state index in [1.807, 2.05) is 30.3 Å². The minimum absolute atomic E-state index is 0.165. The van der Waals surface area contributed by atoms with E-state index in [1.54, 1.807) is 6.07 Å². The minimum atomic E-state index is -1.05. The first-order valence-electron chi connectivity index (χ1n) is 10.9. The molecule has 0 radical (unpaired) electrons. The van der Waals surface area contributed by atoms with Gasteiger partial charge in [0.25, 0.3) is 5.79 Å². The Balaban J connectivity index is 1.60. The summed E-state index contributed by atoms with van der Waals surface area (Å²) < 4.78 is 6.29. The highest BCUT2D eigenvalue weighted by atomic mass is 17.3. The Bertz CT molecular complexity index is 1110. The van der Waals surface area contributed by atoms with E-state index in [0.717, 1.165) is 28.1 Å². The Morgan fingerprint density at radius 1 is 0.968 bits per heavy atom. The summed E-state index contributed by atoms with van der Waals surface area (Å²) in [6, 6.07) is 13.8. The number of aliphatic imine (C=N–C) groups is 1.